The fourth-order valence-electron chi connectivity index (χ4n) is 6.77. The van der Waals surface area contributed by atoms with Crippen molar-refractivity contribution in [2.45, 2.75) is 82.4 Å². The largest absolute Gasteiger partial charge is 0.492 e. The molecule has 0 spiro atoms. The van der Waals surface area contributed by atoms with E-state index in [0.29, 0.717) is 48.7 Å². The van der Waals surface area contributed by atoms with Gasteiger partial charge in [0, 0.05) is 25.8 Å². The van der Waals surface area contributed by atoms with E-state index in [2.05, 4.69) is 31.6 Å². The number of amides is 4. The summed E-state index contributed by atoms with van der Waals surface area (Å²) in [6.07, 6.45) is 2.81. The zero-order chi connectivity index (χ0) is 40.3. The van der Waals surface area contributed by atoms with Gasteiger partial charge in [-0.05, 0) is 67.8 Å². The van der Waals surface area contributed by atoms with E-state index >= 15 is 0 Å². The van der Waals surface area contributed by atoms with Gasteiger partial charge in [0.2, 0.25) is 23.6 Å². The zero-order valence-corrected chi connectivity index (χ0v) is 31.9. The Morgan fingerprint density at radius 1 is 0.895 bits per heavy atom. The van der Waals surface area contributed by atoms with E-state index in [1.54, 1.807) is 73.4 Å². The van der Waals surface area contributed by atoms with E-state index in [1.165, 1.54) is 4.90 Å². The molecule has 0 aliphatic carbocycles. The van der Waals surface area contributed by atoms with Gasteiger partial charge >= 0.3 is 5.97 Å². The topological polar surface area (TPSA) is 206 Å². The van der Waals surface area contributed by atoms with Crippen molar-refractivity contribution in [3.63, 3.8) is 0 Å². The summed E-state index contributed by atoms with van der Waals surface area (Å²) in [6, 6.07) is 18.1. The molecule has 300 valence electrons. The van der Waals surface area contributed by atoms with Gasteiger partial charge in [0.05, 0.1) is 18.8 Å². The average molecular weight is 781 g/mol. The summed E-state index contributed by atoms with van der Waals surface area (Å²) in [5, 5.41) is 29.7. The SMILES string of the molecule is CNC(C)C(=O)NC1Cc2ccc(cc2)OCc2cn(nn2)CCOc2ccc(cc2)CC(C(=O)O)NC(=O)C(Cc2ccccc2)NC(=O)C2CCCN2C1=O. The summed E-state index contributed by atoms with van der Waals surface area (Å²) < 4.78 is 13.5. The van der Waals surface area contributed by atoms with E-state index in [9.17, 15) is 29.1 Å². The van der Waals surface area contributed by atoms with E-state index in [4.69, 9.17) is 9.47 Å². The van der Waals surface area contributed by atoms with Crippen molar-refractivity contribution < 1.29 is 38.6 Å². The Kier molecular flexibility index (Phi) is 13.5. The van der Waals surface area contributed by atoms with Gasteiger partial charge in [-0.1, -0.05) is 59.8 Å². The summed E-state index contributed by atoms with van der Waals surface area (Å²) in [7, 11) is 1.64. The van der Waals surface area contributed by atoms with Gasteiger partial charge in [0.1, 0.15) is 54.6 Å². The molecular weight excluding hydrogens is 732 g/mol. The van der Waals surface area contributed by atoms with Crippen LogP contribution in [0.4, 0.5) is 0 Å². The van der Waals surface area contributed by atoms with Crippen molar-refractivity contribution >= 4 is 29.6 Å². The molecular formula is C41H48N8O8. The first kappa shape index (κ1) is 40.4. The van der Waals surface area contributed by atoms with Crippen molar-refractivity contribution in [1.29, 1.82) is 0 Å². The van der Waals surface area contributed by atoms with Crippen LogP contribution in [-0.4, -0.2) is 105 Å². The Bertz CT molecular complexity index is 2010. The number of benzene rings is 3. The molecule has 5 unspecified atom stereocenters. The third kappa shape index (κ3) is 10.9. The lowest BCUT2D eigenvalue weighted by Gasteiger charge is -2.30. The first-order valence-electron chi connectivity index (χ1n) is 19.0. The van der Waals surface area contributed by atoms with Crippen LogP contribution in [0.5, 0.6) is 11.5 Å². The van der Waals surface area contributed by atoms with Gasteiger partial charge in [0.25, 0.3) is 0 Å². The number of carbonyl (C=O) groups is 5. The van der Waals surface area contributed by atoms with Crippen LogP contribution in [0.15, 0.2) is 85.1 Å². The number of hydrogen-bond donors (Lipinski definition) is 5. The number of carboxylic acid groups (broad SMARTS) is 1. The van der Waals surface area contributed by atoms with Crippen LogP contribution in [0.2, 0.25) is 0 Å². The maximum atomic E-state index is 14.3. The Labute approximate surface area is 330 Å². The van der Waals surface area contributed by atoms with Crippen LogP contribution < -0.4 is 30.7 Å². The highest BCUT2D eigenvalue weighted by Gasteiger charge is 2.39. The molecule has 4 aromatic rings. The van der Waals surface area contributed by atoms with Crippen LogP contribution >= 0.6 is 0 Å². The molecule has 0 radical (unpaired) electrons. The summed E-state index contributed by atoms with van der Waals surface area (Å²) in [6.45, 7) is 2.83. The minimum absolute atomic E-state index is 0.0239. The van der Waals surface area contributed by atoms with E-state index in [1.807, 2.05) is 30.3 Å². The highest BCUT2D eigenvalue weighted by molar-refractivity contribution is 5.96. The number of carbonyl (C=O) groups excluding carboxylic acids is 4. The third-order valence-corrected chi connectivity index (χ3v) is 10.1. The monoisotopic (exact) mass is 780 g/mol. The molecule has 1 aromatic heterocycles. The number of nitrogens with zero attached hydrogens (tertiary/aromatic N) is 4. The second-order valence-electron chi connectivity index (χ2n) is 14.2. The van der Waals surface area contributed by atoms with Crippen molar-refractivity contribution in [2.24, 2.45) is 0 Å². The van der Waals surface area contributed by atoms with Gasteiger partial charge in [-0.15, -0.1) is 5.10 Å². The maximum absolute atomic E-state index is 14.3. The standard InChI is InChI=1S/C41H48N8O8/c1-26(42-2)37(50)44-34-22-28-12-16-32(17-13-28)57-25-30-24-48(47-46-30)19-20-56-31-14-10-29(11-15-31)23-35(41(54)55)45-38(51)33(21-27-7-4-3-5-8-27)43-39(52)36-9-6-18-49(36)40(34)53/h3-5,7-8,10-17,24,26,33-36,42H,6,9,18-23,25H2,1-2H3,(H,43,52)(H,44,50)(H,45,51)(H,54,55). The molecule has 1 fully saturated rings. The predicted octanol–water partition coefficient (Wildman–Crippen LogP) is 1.42. The van der Waals surface area contributed by atoms with E-state index in [0.717, 1.165) is 11.1 Å². The lowest BCUT2D eigenvalue weighted by atomic mass is 10.0. The minimum atomic E-state index is -1.31. The molecule has 1 saturated heterocycles. The highest BCUT2D eigenvalue weighted by Crippen LogP contribution is 2.22. The molecule has 6 heterocycles. The van der Waals surface area contributed by atoms with Gasteiger partial charge in [-0.3, -0.25) is 19.2 Å². The molecule has 3 aromatic carbocycles. The quantitative estimate of drug-likeness (QED) is 0.189. The fourth-order valence-corrected chi connectivity index (χ4v) is 6.77. The second kappa shape index (κ2) is 19.0. The minimum Gasteiger partial charge on any atom is -0.492 e. The summed E-state index contributed by atoms with van der Waals surface area (Å²) >= 11 is 0. The number of carboxylic acids is 1. The number of likely N-dealkylation sites (N-methyl/N-ethyl adjacent to an activating group) is 1. The number of nitrogens with one attached hydrogen (secondary N) is 4. The Morgan fingerprint density at radius 3 is 2.26 bits per heavy atom. The molecule has 4 amide bonds. The molecule has 9 rings (SSSR count). The van der Waals surface area contributed by atoms with Gasteiger partial charge in [0.15, 0.2) is 0 Å². The predicted molar refractivity (Wildman–Crippen MR) is 207 cm³/mol. The molecule has 6 bridgehead atoms. The number of ether oxygens (including phenoxy) is 2. The van der Waals surface area contributed by atoms with Crippen LogP contribution in [0, 0.1) is 0 Å². The molecule has 57 heavy (non-hydrogen) atoms. The van der Waals surface area contributed by atoms with Gasteiger partial charge in [-0.2, -0.15) is 0 Å². The van der Waals surface area contributed by atoms with Crippen molar-refractivity contribution in [3.8, 4) is 11.5 Å². The lowest BCUT2D eigenvalue weighted by Crippen LogP contribution is -2.58. The number of aromatic nitrogens is 3. The van der Waals surface area contributed by atoms with Crippen LogP contribution in [0.1, 0.15) is 42.1 Å². The van der Waals surface area contributed by atoms with Crippen molar-refractivity contribution in [1.82, 2.24) is 41.2 Å². The summed E-state index contributed by atoms with van der Waals surface area (Å²) in [5.41, 5.74) is 2.75. The Morgan fingerprint density at radius 2 is 1.58 bits per heavy atom. The maximum Gasteiger partial charge on any atom is 0.326 e. The average Bonchev–Trinajstić information content (AvgIpc) is 3.90. The smallest absolute Gasteiger partial charge is 0.326 e. The Balaban J connectivity index is 1.29. The van der Waals surface area contributed by atoms with Crippen molar-refractivity contribution in [2.75, 3.05) is 20.2 Å². The van der Waals surface area contributed by atoms with Crippen LogP contribution in [-0.2, 0) is 56.4 Å². The van der Waals surface area contributed by atoms with Gasteiger partial charge < -0.3 is 40.7 Å². The summed E-state index contributed by atoms with van der Waals surface area (Å²) in [5.74, 6) is -2.16. The molecule has 0 saturated carbocycles. The number of hydrogen-bond acceptors (Lipinski definition) is 10. The molecule has 16 heteroatoms. The third-order valence-electron chi connectivity index (χ3n) is 10.1. The summed E-state index contributed by atoms with van der Waals surface area (Å²) in [4.78, 5) is 69.3. The van der Waals surface area contributed by atoms with E-state index in [-0.39, 0.29) is 38.3 Å². The lowest BCUT2D eigenvalue weighted by molar-refractivity contribution is -0.143. The molecule has 5 N–H and O–H groups in total. The first-order valence-corrected chi connectivity index (χ1v) is 19.0. The van der Waals surface area contributed by atoms with Crippen molar-refractivity contribution in [3.05, 3.63) is 107 Å². The van der Waals surface area contributed by atoms with E-state index < -0.39 is 53.9 Å². The van der Waals surface area contributed by atoms with Crippen LogP contribution in [0.25, 0.3) is 0 Å². The molecule has 5 aliphatic heterocycles. The fraction of sp³-hybridized carbons (Fsp3) is 0.390. The van der Waals surface area contributed by atoms with Crippen LogP contribution in [0.3, 0.4) is 0 Å². The second-order valence-corrected chi connectivity index (χ2v) is 14.2. The molecule has 5 aliphatic rings. The first-order chi connectivity index (χ1) is 27.6. The number of rotatable bonds is 6. The van der Waals surface area contributed by atoms with Gasteiger partial charge in [-0.25, -0.2) is 9.48 Å². The zero-order valence-electron chi connectivity index (χ0n) is 31.9. The molecule has 16 nitrogen and oxygen atoms in total. The Hall–Kier alpha value is -6.29. The normalized spacial score (nSPS) is 21.5. The molecule has 5 atom stereocenters. The highest BCUT2D eigenvalue weighted by atomic mass is 16.5. The number of aliphatic carboxylic acids is 1.